The zero-order valence-electron chi connectivity index (χ0n) is 21.7. The molecule has 196 valence electrons. The molecule has 3 aromatic rings. The summed E-state index contributed by atoms with van der Waals surface area (Å²) < 4.78 is 16.7. The predicted molar refractivity (Wildman–Crippen MR) is 151 cm³/mol. The summed E-state index contributed by atoms with van der Waals surface area (Å²) in [6.07, 6.45) is 2.58. The van der Waals surface area contributed by atoms with Crippen LogP contribution < -0.4 is 14.4 Å². The van der Waals surface area contributed by atoms with Gasteiger partial charge in [0, 0.05) is 0 Å². The van der Waals surface area contributed by atoms with Crippen molar-refractivity contribution in [3.05, 3.63) is 95.2 Å². The largest absolute Gasteiger partial charge is 0.490 e. The fourth-order valence-corrected chi connectivity index (χ4v) is 4.38. The van der Waals surface area contributed by atoms with E-state index in [1.54, 1.807) is 6.08 Å². The van der Waals surface area contributed by atoms with Gasteiger partial charge in [-0.2, -0.15) is 0 Å². The number of esters is 1. The lowest BCUT2D eigenvalue weighted by Crippen LogP contribution is -2.35. The van der Waals surface area contributed by atoms with Crippen LogP contribution in [-0.2, 0) is 27.4 Å². The molecule has 0 radical (unpaired) electrons. The molecule has 1 fully saturated rings. The number of benzene rings is 3. The first-order chi connectivity index (χ1) is 18.4. The molecule has 8 heteroatoms. The number of hydrogen-bond donors (Lipinski definition) is 0. The second kappa shape index (κ2) is 12.4. The molecular weight excluding hydrogens is 500 g/mol. The molecule has 7 nitrogen and oxygen atoms in total. The highest BCUT2D eigenvalue weighted by atomic mass is 32.1. The van der Waals surface area contributed by atoms with Gasteiger partial charge in [-0.15, -0.1) is 0 Å². The van der Waals surface area contributed by atoms with E-state index in [0.29, 0.717) is 36.0 Å². The summed E-state index contributed by atoms with van der Waals surface area (Å²) in [5.74, 6) is 0.312. The first-order valence-corrected chi connectivity index (χ1v) is 12.8. The van der Waals surface area contributed by atoms with Gasteiger partial charge in [0.25, 0.3) is 5.91 Å². The number of carbonyl (C=O) groups excluding carboxylic acids is 2. The van der Waals surface area contributed by atoms with Crippen LogP contribution >= 0.6 is 12.2 Å². The molecule has 1 aliphatic rings. The maximum atomic E-state index is 13.6. The Kier molecular flexibility index (Phi) is 8.76. The van der Waals surface area contributed by atoms with Crippen LogP contribution in [0.4, 0.5) is 5.69 Å². The summed E-state index contributed by atoms with van der Waals surface area (Å²) >= 11 is 5.65. The third-order valence-corrected chi connectivity index (χ3v) is 6.46. The Morgan fingerprint density at radius 1 is 0.921 bits per heavy atom. The van der Waals surface area contributed by atoms with Crippen LogP contribution in [0.25, 0.3) is 6.08 Å². The quantitative estimate of drug-likeness (QED) is 0.198. The van der Waals surface area contributed by atoms with Crippen molar-refractivity contribution in [1.82, 2.24) is 4.90 Å². The van der Waals surface area contributed by atoms with Crippen LogP contribution in [0.5, 0.6) is 11.5 Å². The first-order valence-electron chi connectivity index (χ1n) is 12.4. The smallest absolute Gasteiger partial charge is 0.325 e. The van der Waals surface area contributed by atoms with Crippen LogP contribution in [0.2, 0.25) is 0 Å². The Hall–Kier alpha value is -4.17. The van der Waals surface area contributed by atoms with E-state index in [4.69, 9.17) is 26.4 Å². The summed E-state index contributed by atoms with van der Waals surface area (Å²) in [6, 6.07) is 22.9. The van der Waals surface area contributed by atoms with Gasteiger partial charge in [0.1, 0.15) is 18.8 Å². The van der Waals surface area contributed by atoms with E-state index in [1.807, 2.05) is 79.7 Å². The molecule has 0 aromatic heterocycles. The molecule has 0 saturated carbocycles. The van der Waals surface area contributed by atoms with E-state index in [0.717, 1.165) is 17.5 Å². The lowest BCUT2D eigenvalue weighted by atomic mass is 10.1. The van der Waals surface area contributed by atoms with Crippen LogP contribution in [0.3, 0.4) is 0 Å². The maximum Gasteiger partial charge on any atom is 0.325 e. The van der Waals surface area contributed by atoms with Crippen molar-refractivity contribution < 1.29 is 23.8 Å². The van der Waals surface area contributed by atoms with Crippen molar-refractivity contribution in [2.45, 2.75) is 26.9 Å². The number of thiocarbonyl (C=S) groups is 1. The predicted octanol–water partition coefficient (Wildman–Crippen LogP) is 5.37. The molecule has 1 saturated heterocycles. The van der Waals surface area contributed by atoms with E-state index in [9.17, 15) is 9.59 Å². The van der Waals surface area contributed by atoms with Crippen molar-refractivity contribution in [3.63, 3.8) is 0 Å². The van der Waals surface area contributed by atoms with Crippen LogP contribution in [0.1, 0.15) is 30.5 Å². The minimum absolute atomic E-state index is 0.187. The summed E-state index contributed by atoms with van der Waals surface area (Å²) in [5.41, 5.74) is 3.78. The van der Waals surface area contributed by atoms with Crippen molar-refractivity contribution >= 4 is 41.0 Å². The van der Waals surface area contributed by atoms with Crippen molar-refractivity contribution in [3.8, 4) is 11.5 Å². The molecular formula is C30H30N2O5S. The Balaban J connectivity index is 1.66. The molecule has 0 unspecified atom stereocenters. The van der Waals surface area contributed by atoms with E-state index < -0.39 is 5.97 Å². The first kappa shape index (κ1) is 26.9. The number of aryl methyl sites for hydroxylation is 1. The Morgan fingerprint density at radius 2 is 1.66 bits per heavy atom. The molecule has 0 N–H and O–H groups in total. The van der Waals surface area contributed by atoms with Gasteiger partial charge in [0.15, 0.2) is 16.6 Å². The number of amides is 1. The van der Waals surface area contributed by atoms with E-state index in [1.165, 1.54) is 16.9 Å². The minimum atomic E-state index is -0.506. The zero-order chi connectivity index (χ0) is 27.1. The Morgan fingerprint density at radius 3 is 2.32 bits per heavy atom. The number of methoxy groups -OCH3 is 1. The molecule has 0 atom stereocenters. The van der Waals surface area contributed by atoms with Gasteiger partial charge in [-0.25, -0.2) is 0 Å². The second-order valence-electron chi connectivity index (χ2n) is 8.55. The Labute approximate surface area is 228 Å². The number of carbonyl (C=O) groups is 2. The van der Waals surface area contributed by atoms with Crippen molar-refractivity contribution in [2.75, 3.05) is 25.2 Å². The molecule has 1 amide bonds. The molecule has 4 rings (SSSR count). The number of hydrogen-bond acceptors (Lipinski definition) is 6. The highest BCUT2D eigenvalue weighted by Gasteiger charge is 2.40. The van der Waals surface area contributed by atoms with Gasteiger partial charge in [0.05, 0.1) is 19.4 Å². The van der Waals surface area contributed by atoms with Crippen LogP contribution in [0, 0.1) is 0 Å². The fourth-order valence-electron chi connectivity index (χ4n) is 4.03. The summed E-state index contributed by atoms with van der Waals surface area (Å²) in [7, 11) is 1.30. The van der Waals surface area contributed by atoms with Gasteiger partial charge in [-0.05, 0) is 72.6 Å². The van der Waals surface area contributed by atoms with Gasteiger partial charge in [-0.1, -0.05) is 55.5 Å². The highest BCUT2D eigenvalue weighted by Crippen LogP contribution is 2.33. The van der Waals surface area contributed by atoms with E-state index in [-0.39, 0.29) is 23.3 Å². The lowest BCUT2D eigenvalue weighted by molar-refractivity contribution is -0.140. The van der Waals surface area contributed by atoms with E-state index in [2.05, 4.69) is 6.92 Å². The second-order valence-corrected chi connectivity index (χ2v) is 8.91. The maximum absolute atomic E-state index is 13.6. The van der Waals surface area contributed by atoms with Gasteiger partial charge in [-0.3, -0.25) is 14.5 Å². The minimum Gasteiger partial charge on any atom is -0.490 e. The summed E-state index contributed by atoms with van der Waals surface area (Å²) in [4.78, 5) is 28.7. The monoisotopic (exact) mass is 530 g/mol. The normalized spacial score (nSPS) is 14.2. The SMILES string of the molecule is CCOc1cc(/C=C2/C(=O)N(c3ccc(CC)cc3)C(=S)N2CC(=O)OC)ccc1OCc1ccccc1. The summed E-state index contributed by atoms with van der Waals surface area (Å²) in [6.45, 7) is 4.61. The van der Waals surface area contributed by atoms with Gasteiger partial charge >= 0.3 is 5.97 Å². The van der Waals surface area contributed by atoms with Crippen molar-refractivity contribution in [2.24, 2.45) is 0 Å². The zero-order valence-corrected chi connectivity index (χ0v) is 22.5. The summed E-state index contributed by atoms with van der Waals surface area (Å²) in [5, 5.41) is 0.212. The van der Waals surface area contributed by atoms with Crippen LogP contribution in [-0.4, -0.2) is 42.2 Å². The number of anilines is 1. The average molecular weight is 531 g/mol. The van der Waals surface area contributed by atoms with Gasteiger partial charge < -0.3 is 19.1 Å². The van der Waals surface area contributed by atoms with Crippen molar-refractivity contribution in [1.29, 1.82) is 0 Å². The molecule has 38 heavy (non-hydrogen) atoms. The topological polar surface area (TPSA) is 68.3 Å². The molecule has 3 aromatic carbocycles. The third kappa shape index (κ3) is 6.03. The van der Waals surface area contributed by atoms with E-state index >= 15 is 0 Å². The Bertz CT molecular complexity index is 1340. The highest BCUT2D eigenvalue weighted by molar-refractivity contribution is 7.80. The lowest BCUT2D eigenvalue weighted by Gasteiger charge is -2.19. The molecule has 1 aliphatic heterocycles. The molecule has 0 bridgehead atoms. The average Bonchev–Trinajstić information content (AvgIpc) is 3.17. The molecule has 0 spiro atoms. The number of rotatable bonds is 10. The number of ether oxygens (including phenoxy) is 3. The van der Waals surface area contributed by atoms with Crippen LogP contribution in [0.15, 0.2) is 78.5 Å². The third-order valence-electron chi connectivity index (χ3n) is 6.06. The fraction of sp³-hybridized carbons (Fsp3) is 0.233. The van der Waals surface area contributed by atoms with Gasteiger partial charge in [0.2, 0.25) is 0 Å². The standard InChI is InChI=1S/C30H30N2O5S/c1-4-21-11-14-24(15-12-21)32-29(34)25(31(30(32)38)19-28(33)35-3)17-23-13-16-26(27(18-23)36-5-2)37-20-22-9-7-6-8-10-22/h6-18H,4-5,19-20H2,1-3H3/b25-17-. The molecule has 0 aliphatic carbocycles. The molecule has 1 heterocycles. The number of nitrogens with zero attached hydrogens (tertiary/aromatic N) is 2.